The molecule has 162 valence electrons. The van der Waals surface area contributed by atoms with Gasteiger partial charge in [0.25, 0.3) is 0 Å². The number of carbonyl (C=O) groups is 1. The zero-order valence-electron chi connectivity index (χ0n) is 18.1. The minimum Gasteiger partial charge on any atom is -0.438 e. The van der Waals surface area contributed by atoms with Gasteiger partial charge in [-0.05, 0) is 31.9 Å². The monoisotopic (exact) mass is 436 g/mol. The largest absolute Gasteiger partial charge is 0.438 e. The van der Waals surface area contributed by atoms with Crippen LogP contribution in [0.1, 0.15) is 50.8 Å². The Hall–Kier alpha value is -2.70. The molecule has 1 N–H and O–H groups in total. The van der Waals surface area contributed by atoms with Crippen molar-refractivity contribution in [2.24, 2.45) is 0 Å². The molecule has 31 heavy (non-hydrogen) atoms. The van der Waals surface area contributed by atoms with Crippen molar-refractivity contribution in [3.05, 3.63) is 77.3 Å². The highest BCUT2D eigenvalue weighted by Gasteiger charge is 2.46. The first kappa shape index (κ1) is 21.5. The SMILES string of the molecule is CC(c1ccc(-c2nccs2)cc1)N1CCC(CC(C)(C)O)(c2ccccc2)OC1=O. The second-order valence-corrected chi connectivity index (χ2v) is 9.69. The summed E-state index contributed by atoms with van der Waals surface area (Å²) in [6.07, 6.45) is 2.41. The van der Waals surface area contributed by atoms with E-state index in [4.69, 9.17) is 4.74 Å². The lowest BCUT2D eigenvalue weighted by Crippen LogP contribution is -2.51. The molecule has 1 fully saturated rings. The van der Waals surface area contributed by atoms with E-state index in [9.17, 15) is 9.90 Å². The number of cyclic esters (lactones) is 1. The Balaban J connectivity index is 1.54. The third-order valence-electron chi connectivity index (χ3n) is 5.83. The van der Waals surface area contributed by atoms with E-state index < -0.39 is 11.2 Å². The van der Waals surface area contributed by atoms with Gasteiger partial charge in [0.2, 0.25) is 0 Å². The number of aliphatic hydroxyl groups is 1. The van der Waals surface area contributed by atoms with Gasteiger partial charge in [0, 0.05) is 36.5 Å². The van der Waals surface area contributed by atoms with Crippen LogP contribution in [0.25, 0.3) is 10.6 Å². The average Bonchev–Trinajstić information content (AvgIpc) is 3.28. The highest BCUT2D eigenvalue weighted by atomic mass is 32.1. The lowest BCUT2D eigenvalue weighted by Gasteiger charge is -2.45. The van der Waals surface area contributed by atoms with Crippen LogP contribution in [0.4, 0.5) is 4.79 Å². The smallest absolute Gasteiger partial charge is 0.411 e. The van der Waals surface area contributed by atoms with Gasteiger partial charge >= 0.3 is 6.09 Å². The lowest BCUT2D eigenvalue weighted by molar-refractivity contribution is -0.101. The second-order valence-electron chi connectivity index (χ2n) is 8.80. The van der Waals surface area contributed by atoms with Crippen molar-refractivity contribution in [1.29, 1.82) is 0 Å². The Bertz CT molecular complexity index is 1010. The summed E-state index contributed by atoms with van der Waals surface area (Å²) in [5.41, 5.74) is 1.25. The molecule has 2 heterocycles. The second kappa shape index (κ2) is 8.44. The molecule has 1 amide bonds. The van der Waals surface area contributed by atoms with E-state index in [1.807, 2.05) is 66.9 Å². The fourth-order valence-corrected chi connectivity index (χ4v) is 4.99. The van der Waals surface area contributed by atoms with Crippen LogP contribution in [0.2, 0.25) is 0 Å². The maximum Gasteiger partial charge on any atom is 0.411 e. The number of amides is 1. The molecule has 1 aromatic heterocycles. The number of thiazole rings is 1. The fourth-order valence-electron chi connectivity index (χ4n) is 4.34. The summed E-state index contributed by atoms with van der Waals surface area (Å²) in [4.78, 5) is 19.3. The van der Waals surface area contributed by atoms with Crippen LogP contribution < -0.4 is 0 Å². The molecule has 1 aliphatic heterocycles. The molecule has 4 rings (SSSR count). The summed E-state index contributed by atoms with van der Waals surface area (Å²) in [6, 6.07) is 17.8. The molecule has 5 nitrogen and oxygen atoms in total. The van der Waals surface area contributed by atoms with Gasteiger partial charge in [-0.1, -0.05) is 54.6 Å². The summed E-state index contributed by atoms with van der Waals surface area (Å²) >= 11 is 1.60. The lowest BCUT2D eigenvalue weighted by atomic mass is 9.80. The maximum absolute atomic E-state index is 13.2. The van der Waals surface area contributed by atoms with E-state index in [-0.39, 0.29) is 12.1 Å². The molecule has 0 radical (unpaired) electrons. The van der Waals surface area contributed by atoms with Gasteiger partial charge in [-0.25, -0.2) is 9.78 Å². The van der Waals surface area contributed by atoms with Crippen LogP contribution in [-0.2, 0) is 10.3 Å². The Morgan fingerprint density at radius 1 is 1.19 bits per heavy atom. The molecule has 0 spiro atoms. The van der Waals surface area contributed by atoms with Crippen molar-refractivity contribution in [1.82, 2.24) is 9.88 Å². The summed E-state index contributed by atoms with van der Waals surface area (Å²) in [6.45, 7) is 6.08. The summed E-state index contributed by atoms with van der Waals surface area (Å²) in [5, 5.41) is 13.5. The van der Waals surface area contributed by atoms with Gasteiger partial charge in [0.15, 0.2) is 0 Å². The summed E-state index contributed by atoms with van der Waals surface area (Å²) in [7, 11) is 0. The van der Waals surface area contributed by atoms with E-state index in [0.717, 1.165) is 21.7 Å². The molecule has 0 bridgehead atoms. The van der Waals surface area contributed by atoms with Crippen LogP contribution in [-0.4, -0.2) is 33.2 Å². The molecular weight excluding hydrogens is 408 g/mol. The Labute approximate surface area is 187 Å². The molecule has 2 aromatic carbocycles. The molecule has 2 unspecified atom stereocenters. The number of benzene rings is 2. The number of carbonyl (C=O) groups excluding carboxylic acids is 1. The average molecular weight is 437 g/mol. The first-order valence-corrected chi connectivity index (χ1v) is 11.4. The Kier molecular flexibility index (Phi) is 5.86. The van der Waals surface area contributed by atoms with Crippen molar-refractivity contribution < 1.29 is 14.6 Å². The third-order valence-corrected chi connectivity index (χ3v) is 6.65. The quantitative estimate of drug-likeness (QED) is 0.533. The number of nitrogens with zero attached hydrogens (tertiary/aromatic N) is 2. The van der Waals surface area contributed by atoms with Crippen molar-refractivity contribution >= 4 is 17.4 Å². The zero-order valence-corrected chi connectivity index (χ0v) is 18.9. The minimum atomic E-state index is -0.963. The summed E-state index contributed by atoms with van der Waals surface area (Å²) < 4.78 is 6.09. The van der Waals surface area contributed by atoms with Gasteiger partial charge in [-0.2, -0.15) is 0 Å². The third kappa shape index (κ3) is 4.65. The van der Waals surface area contributed by atoms with Gasteiger partial charge < -0.3 is 14.7 Å². The topological polar surface area (TPSA) is 62.7 Å². The van der Waals surface area contributed by atoms with E-state index in [1.165, 1.54) is 0 Å². The number of rotatable bonds is 6. The molecule has 1 aliphatic rings. The number of aromatic nitrogens is 1. The van der Waals surface area contributed by atoms with E-state index in [1.54, 1.807) is 36.3 Å². The van der Waals surface area contributed by atoms with Gasteiger partial charge in [0.1, 0.15) is 10.6 Å². The van der Waals surface area contributed by atoms with Crippen molar-refractivity contribution in [3.8, 4) is 10.6 Å². The predicted molar refractivity (Wildman–Crippen MR) is 123 cm³/mol. The Morgan fingerprint density at radius 2 is 1.90 bits per heavy atom. The van der Waals surface area contributed by atoms with Crippen LogP contribution in [0.3, 0.4) is 0 Å². The number of hydrogen-bond donors (Lipinski definition) is 1. The molecule has 2 atom stereocenters. The molecule has 0 saturated carbocycles. The van der Waals surface area contributed by atoms with Crippen molar-refractivity contribution in [2.45, 2.75) is 50.9 Å². The van der Waals surface area contributed by atoms with Gasteiger partial charge in [-0.15, -0.1) is 11.3 Å². The van der Waals surface area contributed by atoms with Crippen LogP contribution in [0, 0.1) is 0 Å². The normalized spacial score (nSPS) is 20.4. The van der Waals surface area contributed by atoms with Crippen molar-refractivity contribution in [3.63, 3.8) is 0 Å². The zero-order chi connectivity index (χ0) is 22.1. The minimum absolute atomic E-state index is 0.117. The van der Waals surface area contributed by atoms with E-state index >= 15 is 0 Å². The van der Waals surface area contributed by atoms with Crippen LogP contribution >= 0.6 is 11.3 Å². The maximum atomic E-state index is 13.2. The first-order valence-electron chi connectivity index (χ1n) is 10.5. The fraction of sp³-hybridized carbons (Fsp3) is 0.360. The highest BCUT2D eigenvalue weighted by Crippen LogP contribution is 2.42. The molecule has 3 aromatic rings. The predicted octanol–water partition coefficient (Wildman–Crippen LogP) is 5.77. The van der Waals surface area contributed by atoms with Crippen LogP contribution in [0.15, 0.2) is 66.2 Å². The van der Waals surface area contributed by atoms with E-state index in [2.05, 4.69) is 4.98 Å². The Morgan fingerprint density at radius 3 is 2.48 bits per heavy atom. The van der Waals surface area contributed by atoms with Crippen molar-refractivity contribution in [2.75, 3.05) is 6.54 Å². The molecule has 1 saturated heterocycles. The van der Waals surface area contributed by atoms with E-state index in [0.29, 0.717) is 19.4 Å². The van der Waals surface area contributed by atoms with Crippen LogP contribution in [0.5, 0.6) is 0 Å². The highest BCUT2D eigenvalue weighted by molar-refractivity contribution is 7.13. The number of ether oxygens (including phenoxy) is 1. The first-order chi connectivity index (χ1) is 14.8. The van der Waals surface area contributed by atoms with Gasteiger partial charge in [0.05, 0.1) is 11.6 Å². The molecule has 0 aliphatic carbocycles. The number of hydrogen-bond acceptors (Lipinski definition) is 5. The molecular formula is C25H28N2O3S. The summed E-state index contributed by atoms with van der Waals surface area (Å²) in [5.74, 6) is 0. The van der Waals surface area contributed by atoms with Gasteiger partial charge in [-0.3, -0.25) is 0 Å². The standard InChI is InChI=1S/C25H28N2O3S/c1-18(19-9-11-20(12-10-19)22-26-14-16-31-22)27-15-13-25(30-23(27)28,17-24(2,3)29)21-7-5-4-6-8-21/h4-12,14,16,18,29H,13,15,17H2,1-3H3. The molecule has 6 heteroatoms.